The van der Waals surface area contributed by atoms with Crippen LogP contribution in [0.4, 0.5) is 17.6 Å². The predicted molar refractivity (Wildman–Crippen MR) is 141 cm³/mol. The second kappa shape index (κ2) is 15.2. The molecule has 4 rings (SSSR count). The van der Waals surface area contributed by atoms with Crippen molar-refractivity contribution in [2.24, 2.45) is 0 Å². The van der Waals surface area contributed by atoms with Crippen LogP contribution in [-0.4, -0.2) is 31.2 Å². The molecule has 2 aromatic carbocycles. The first-order chi connectivity index (χ1) is 18.8. The van der Waals surface area contributed by atoms with Crippen LogP contribution in [0.5, 0.6) is 23.0 Å². The van der Waals surface area contributed by atoms with Gasteiger partial charge in [0.1, 0.15) is 0 Å². The number of ether oxygens (including phenoxy) is 4. The molecule has 2 aliphatic rings. The number of rotatable bonds is 11. The maximum Gasteiger partial charge on any atom is 0.204 e. The van der Waals surface area contributed by atoms with Gasteiger partial charge in [-0.15, -0.1) is 0 Å². The van der Waals surface area contributed by atoms with Crippen molar-refractivity contribution < 1.29 is 41.6 Å². The summed E-state index contributed by atoms with van der Waals surface area (Å²) in [6.45, 7) is 4.14. The molecular weight excluding hydrogens is 516 g/mol. The fourth-order valence-corrected chi connectivity index (χ4v) is 4.87. The van der Waals surface area contributed by atoms with E-state index in [9.17, 15) is 22.7 Å². The number of hydrogen-bond donors (Lipinski definition) is 1. The van der Waals surface area contributed by atoms with E-state index >= 15 is 0 Å². The van der Waals surface area contributed by atoms with Gasteiger partial charge < -0.3 is 24.1 Å². The summed E-state index contributed by atoms with van der Waals surface area (Å²) in [5.74, 6) is -4.99. The van der Waals surface area contributed by atoms with Gasteiger partial charge in [-0.25, -0.2) is 0 Å². The summed E-state index contributed by atoms with van der Waals surface area (Å²) in [5.41, 5.74) is 1.21. The van der Waals surface area contributed by atoms with Gasteiger partial charge in [0.05, 0.1) is 12.2 Å². The van der Waals surface area contributed by atoms with Crippen molar-refractivity contribution in [3.05, 3.63) is 46.5 Å². The molecule has 9 heteroatoms. The first-order valence-electron chi connectivity index (χ1n) is 14.0. The number of aryl methyl sites for hydroxylation is 2. The highest BCUT2D eigenvalue weighted by molar-refractivity contribution is 5.45. The summed E-state index contributed by atoms with van der Waals surface area (Å²) in [6, 6.07) is 2.77. The van der Waals surface area contributed by atoms with Gasteiger partial charge in [0.25, 0.3) is 0 Å². The Morgan fingerprint density at radius 2 is 1.28 bits per heavy atom. The van der Waals surface area contributed by atoms with Crippen molar-refractivity contribution >= 4 is 0 Å². The van der Waals surface area contributed by atoms with E-state index in [-0.39, 0.29) is 36.2 Å². The lowest BCUT2D eigenvalue weighted by Crippen LogP contribution is -2.24. The van der Waals surface area contributed by atoms with Gasteiger partial charge >= 0.3 is 0 Å². The van der Waals surface area contributed by atoms with Crippen LogP contribution < -0.4 is 14.2 Å². The van der Waals surface area contributed by atoms with Crippen molar-refractivity contribution in [2.75, 3.05) is 13.9 Å². The van der Waals surface area contributed by atoms with E-state index < -0.39 is 29.0 Å². The molecule has 0 bridgehead atoms. The molecule has 0 aliphatic carbocycles. The largest absolute Gasteiger partial charge is 0.505 e. The van der Waals surface area contributed by atoms with E-state index in [4.69, 9.17) is 18.9 Å². The molecule has 0 amide bonds. The molecule has 2 aromatic rings. The molecule has 0 spiro atoms. The first-order valence-corrected chi connectivity index (χ1v) is 14.0. The second-order valence-electron chi connectivity index (χ2n) is 10.1. The Labute approximate surface area is 228 Å². The number of hydrogen-bond acceptors (Lipinski definition) is 5. The highest BCUT2D eigenvalue weighted by atomic mass is 19.2. The van der Waals surface area contributed by atoms with Gasteiger partial charge in [-0.05, 0) is 63.5 Å². The lowest BCUT2D eigenvalue weighted by molar-refractivity contribution is 0.0471. The van der Waals surface area contributed by atoms with Crippen molar-refractivity contribution in [2.45, 2.75) is 103 Å². The van der Waals surface area contributed by atoms with Crippen molar-refractivity contribution in [3.63, 3.8) is 0 Å². The van der Waals surface area contributed by atoms with Crippen LogP contribution in [0, 0.1) is 23.3 Å². The molecule has 0 fully saturated rings. The standard InChI is InChI=1S/C16H22F2O3.C14H18F2O2/c1-3-4-5-6-12-8-7-11-9-13(20-10-19-2)14(17)15(18)16(11)21-12;1-2-3-4-5-10-7-6-9-8-11(17)12(15)13(16)14(9)18-10/h9,12H,3-8,10H2,1-2H3;8,10,17H,2-7H2,1H3. The van der Waals surface area contributed by atoms with E-state index in [1.54, 1.807) is 0 Å². The molecular formula is C30H40F4O5. The van der Waals surface area contributed by atoms with Crippen LogP contribution in [0.2, 0.25) is 0 Å². The van der Waals surface area contributed by atoms with Crippen molar-refractivity contribution in [3.8, 4) is 23.0 Å². The summed E-state index contributed by atoms with van der Waals surface area (Å²) in [5, 5.41) is 9.22. The summed E-state index contributed by atoms with van der Waals surface area (Å²) in [6.07, 6.45) is 11.2. The fourth-order valence-electron chi connectivity index (χ4n) is 4.87. The van der Waals surface area contributed by atoms with Crippen LogP contribution in [0.3, 0.4) is 0 Å². The van der Waals surface area contributed by atoms with Gasteiger partial charge in [0.15, 0.2) is 29.8 Å². The number of benzene rings is 2. The zero-order chi connectivity index (χ0) is 28.4. The third kappa shape index (κ3) is 8.16. The highest BCUT2D eigenvalue weighted by Gasteiger charge is 2.28. The van der Waals surface area contributed by atoms with Crippen LogP contribution in [-0.2, 0) is 17.6 Å². The Morgan fingerprint density at radius 1 is 0.769 bits per heavy atom. The highest BCUT2D eigenvalue weighted by Crippen LogP contribution is 2.38. The van der Waals surface area contributed by atoms with E-state index in [0.717, 1.165) is 64.2 Å². The fraction of sp³-hybridized carbons (Fsp3) is 0.600. The van der Waals surface area contributed by atoms with Gasteiger partial charge in [0, 0.05) is 18.2 Å². The SMILES string of the molecule is CCCCCC1CCc2cc(O)c(F)c(F)c2O1.CCCCCC1CCc2cc(OCOC)c(F)c(F)c2O1. The second-order valence-corrected chi connectivity index (χ2v) is 10.1. The Hall–Kier alpha value is -2.68. The van der Waals surface area contributed by atoms with E-state index in [0.29, 0.717) is 24.0 Å². The molecule has 1 N–H and O–H groups in total. The molecule has 0 aromatic heterocycles. The smallest absolute Gasteiger partial charge is 0.204 e. The monoisotopic (exact) mass is 556 g/mol. The summed E-state index contributed by atoms with van der Waals surface area (Å²) in [7, 11) is 1.43. The minimum Gasteiger partial charge on any atom is -0.505 e. The third-order valence-electron chi connectivity index (χ3n) is 7.06. The molecule has 5 nitrogen and oxygen atoms in total. The number of phenols is 1. The van der Waals surface area contributed by atoms with Crippen molar-refractivity contribution in [1.82, 2.24) is 0 Å². The number of unbranched alkanes of at least 4 members (excludes halogenated alkanes) is 4. The van der Waals surface area contributed by atoms with Crippen LogP contribution >= 0.6 is 0 Å². The third-order valence-corrected chi connectivity index (χ3v) is 7.06. The Kier molecular flexibility index (Phi) is 12.0. The first kappa shape index (κ1) is 30.9. The van der Waals surface area contributed by atoms with Gasteiger partial charge in [-0.2, -0.15) is 17.6 Å². The van der Waals surface area contributed by atoms with Gasteiger partial charge in [-0.3, -0.25) is 0 Å². The average Bonchev–Trinajstić information content (AvgIpc) is 2.94. The minimum atomic E-state index is -1.22. The lowest BCUT2D eigenvalue weighted by atomic mass is 9.98. The number of phenolic OH excluding ortho intramolecular Hbond substituents is 1. The number of halogens is 4. The molecule has 39 heavy (non-hydrogen) atoms. The molecule has 218 valence electrons. The Balaban J connectivity index is 0.000000218. The molecule has 2 aliphatic heterocycles. The quantitative estimate of drug-likeness (QED) is 0.172. The maximum absolute atomic E-state index is 14.1. The zero-order valence-electron chi connectivity index (χ0n) is 23.1. The minimum absolute atomic E-state index is 0.0157. The summed E-state index contributed by atoms with van der Waals surface area (Å²) >= 11 is 0. The summed E-state index contributed by atoms with van der Waals surface area (Å²) < 4.78 is 75.8. The molecule has 0 saturated heterocycles. The Morgan fingerprint density at radius 3 is 1.79 bits per heavy atom. The number of aromatic hydroxyl groups is 1. The van der Waals surface area contributed by atoms with Gasteiger partial charge in [0.2, 0.25) is 23.3 Å². The van der Waals surface area contributed by atoms with Crippen LogP contribution in [0.1, 0.15) is 89.2 Å². The van der Waals surface area contributed by atoms with Crippen LogP contribution in [0.15, 0.2) is 12.1 Å². The summed E-state index contributed by atoms with van der Waals surface area (Å²) in [4.78, 5) is 0. The number of methoxy groups -OCH3 is 1. The van der Waals surface area contributed by atoms with E-state index in [1.807, 2.05) is 0 Å². The topological polar surface area (TPSA) is 57.2 Å². The normalized spacial score (nSPS) is 17.7. The van der Waals surface area contributed by atoms with Crippen LogP contribution in [0.25, 0.3) is 0 Å². The molecule has 0 radical (unpaired) electrons. The lowest BCUT2D eigenvalue weighted by Gasteiger charge is -2.27. The molecule has 2 heterocycles. The molecule has 0 saturated carbocycles. The average molecular weight is 557 g/mol. The molecule has 2 atom stereocenters. The van der Waals surface area contributed by atoms with Crippen molar-refractivity contribution in [1.29, 1.82) is 0 Å². The molecule has 2 unspecified atom stereocenters. The van der Waals surface area contributed by atoms with E-state index in [2.05, 4.69) is 13.8 Å². The Bertz CT molecular complexity index is 1080. The van der Waals surface area contributed by atoms with Gasteiger partial charge in [-0.1, -0.05) is 39.5 Å². The number of fused-ring (bicyclic) bond motifs is 2. The zero-order valence-corrected chi connectivity index (χ0v) is 23.1. The maximum atomic E-state index is 14.1. The van der Waals surface area contributed by atoms with E-state index in [1.165, 1.54) is 19.2 Å². The predicted octanol–water partition coefficient (Wildman–Crippen LogP) is 8.17.